The van der Waals surface area contributed by atoms with Gasteiger partial charge in [0.05, 0.1) is 24.1 Å². The van der Waals surface area contributed by atoms with Gasteiger partial charge in [-0.2, -0.15) is 0 Å². The van der Waals surface area contributed by atoms with Crippen LogP contribution in [0.5, 0.6) is 0 Å². The molecule has 0 unspecified atom stereocenters. The molecule has 2 saturated heterocycles. The predicted octanol–water partition coefficient (Wildman–Crippen LogP) is 0.115. The lowest BCUT2D eigenvalue weighted by Gasteiger charge is -2.40. The number of rotatable bonds is 3. The number of imidazole rings is 1. The van der Waals surface area contributed by atoms with Gasteiger partial charge < -0.3 is 24.4 Å². The van der Waals surface area contributed by atoms with E-state index in [1.807, 2.05) is 16.4 Å². The minimum atomic E-state index is -0.111. The van der Waals surface area contributed by atoms with Crippen LogP contribution in [0, 0.1) is 0 Å². The van der Waals surface area contributed by atoms with Crippen LogP contribution >= 0.6 is 0 Å². The first-order valence-electron chi connectivity index (χ1n) is 10.1. The molecule has 0 atom stereocenters. The fourth-order valence-corrected chi connectivity index (χ4v) is 4.56. The van der Waals surface area contributed by atoms with E-state index in [0.717, 1.165) is 63.4 Å². The summed E-state index contributed by atoms with van der Waals surface area (Å²) in [6.45, 7) is 6.87. The first-order valence-corrected chi connectivity index (χ1v) is 10.1. The highest BCUT2D eigenvalue weighted by molar-refractivity contribution is 5.85. The summed E-state index contributed by atoms with van der Waals surface area (Å²) in [5.74, 6) is 0.0439. The van der Waals surface area contributed by atoms with E-state index in [2.05, 4.69) is 10.3 Å². The number of carbonyl (C=O) groups is 2. The lowest BCUT2D eigenvalue weighted by Crippen LogP contribution is -2.51. The zero-order chi connectivity index (χ0) is 18.9. The standard InChI is InChI=1S/C19H29N5O3/c1-2-22-8-3-9-23(12-16(22)25)17(26)13-24-14-20-18-15(24)4-7-21-19(18)5-10-27-11-6-19/h14,21H,2-13H2,1H3. The van der Waals surface area contributed by atoms with Crippen molar-refractivity contribution < 1.29 is 14.3 Å². The van der Waals surface area contributed by atoms with E-state index < -0.39 is 0 Å². The SMILES string of the molecule is CCN1CCCN(C(=O)Cn2cnc3c2CCNC32CCOCC2)CC1=O. The Hall–Kier alpha value is -1.93. The van der Waals surface area contributed by atoms with Gasteiger partial charge >= 0.3 is 0 Å². The summed E-state index contributed by atoms with van der Waals surface area (Å²) in [7, 11) is 0. The van der Waals surface area contributed by atoms with Crippen molar-refractivity contribution in [2.75, 3.05) is 45.9 Å². The number of fused-ring (bicyclic) bond motifs is 2. The molecule has 3 aliphatic rings. The van der Waals surface area contributed by atoms with Crippen molar-refractivity contribution in [3.8, 4) is 0 Å². The molecule has 1 N–H and O–H groups in total. The highest BCUT2D eigenvalue weighted by atomic mass is 16.5. The van der Waals surface area contributed by atoms with Crippen LogP contribution in [-0.2, 0) is 32.8 Å². The van der Waals surface area contributed by atoms with Crippen molar-refractivity contribution in [2.45, 2.75) is 44.7 Å². The van der Waals surface area contributed by atoms with Gasteiger partial charge in [-0.1, -0.05) is 0 Å². The van der Waals surface area contributed by atoms with Crippen molar-refractivity contribution in [2.24, 2.45) is 0 Å². The smallest absolute Gasteiger partial charge is 0.243 e. The van der Waals surface area contributed by atoms with Gasteiger partial charge in [0.15, 0.2) is 0 Å². The van der Waals surface area contributed by atoms with E-state index in [1.54, 1.807) is 11.2 Å². The van der Waals surface area contributed by atoms with Crippen LogP contribution in [0.25, 0.3) is 0 Å². The Balaban J connectivity index is 1.49. The number of hydrogen-bond donors (Lipinski definition) is 1. The third-order valence-corrected chi connectivity index (χ3v) is 6.15. The van der Waals surface area contributed by atoms with Gasteiger partial charge in [-0.15, -0.1) is 0 Å². The number of likely N-dealkylation sites (N-methyl/N-ethyl adjacent to an activating group) is 1. The molecule has 0 aliphatic carbocycles. The van der Waals surface area contributed by atoms with Gasteiger partial charge in [0.1, 0.15) is 6.54 Å². The van der Waals surface area contributed by atoms with E-state index in [9.17, 15) is 9.59 Å². The average Bonchev–Trinajstić information content (AvgIpc) is 2.99. The molecule has 4 rings (SSSR count). The normalized spacial score (nSPS) is 22.6. The van der Waals surface area contributed by atoms with Crippen LogP contribution in [0.2, 0.25) is 0 Å². The molecule has 1 aromatic rings. The van der Waals surface area contributed by atoms with Gasteiger partial charge in [-0.25, -0.2) is 4.98 Å². The maximum atomic E-state index is 12.9. The lowest BCUT2D eigenvalue weighted by atomic mass is 9.82. The largest absolute Gasteiger partial charge is 0.381 e. The van der Waals surface area contributed by atoms with Crippen LogP contribution in [0.3, 0.4) is 0 Å². The topological polar surface area (TPSA) is 79.7 Å². The molecule has 0 radical (unpaired) electrons. The maximum absolute atomic E-state index is 12.9. The average molecular weight is 375 g/mol. The summed E-state index contributed by atoms with van der Waals surface area (Å²) >= 11 is 0. The summed E-state index contributed by atoms with van der Waals surface area (Å²) in [5, 5.41) is 3.64. The van der Waals surface area contributed by atoms with Gasteiger partial charge in [0, 0.05) is 51.5 Å². The highest BCUT2D eigenvalue weighted by Crippen LogP contribution is 2.35. The van der Waals surface area contributed by atoms with Gasteiger partial charge in [0.2, 0.25) is 11.8 Å². The Morgan fingerprint density at radius 1 is 1.33 bits per heavy atom. The van der Waals surface area contributed by atoms with Crippen molar-refractivity contribution in [3.05, 3.63) is 17.7 Å². The summed E-state index contributed by atoms with van der Waals surface area (Å²) < 4.78 is 7.52. The van der Waals surface area contributed by atoms with E-state index in [-0.39, 0.29) is 30.4 Å². The van der Waals surface area contributed by atoms with Gasteiger partial charge in [0.25, 0.3) is 0 Å². The Bertz CT molecular complexity index is 710. The summed E-state index contributed by atoms with van der Waals surface area (Å²) in [6, 6.07) is 0. The first kappa shape index (κ1) is 18.4. The molecule has 148 valence electrons. The van der Waals surface area contributed by atoms with E-state index in [1.165, 1.54) is 0 Å². The molecule has 1 spiro atoms. The molecule has 2 fully saturated rings. The second-order valence-electron chi connectivity index (χ2n) is 7.68. The third kappa shape index (κ3) is 3.48. The molecule has 8 nitrogen and oxygen atoms in total. The number of nitrogens with one attached hydrogen (secondary N) is 1. The van der Waals surface area contributed by atoms with Crippen molar-refractivity contribution >= 4 is 11.8 Å². The second kappa shape index (κ2) is 7.59. The highest BCUT2D eigenvalue weighted by Gasteiger charge is 2.41. The lowest BCUT2D eigenvalue weighted by molar-refractivity contribution is -0.139. The number of carbonyl (C=O) groups excluding carboxylic acids is 2. The summed E-state index contributed by atoms with van der Waals surface area (Å²) in [6.07, 6.45) is 5.33. The number of ether oxygens (including phenoxy) is 1. The quantitative estimate of drug-likeness (QED) is 0.812. The molecule has 8 heteroatoms. The van der Waals surface area contributed by atoms with Crippen LogP contribution in [0.15, 0.2) is 6.33 Å². The molecule has 27 heavy (non-hydrogen) atoms. The molecular formula is C19H29N5O3. The molecule has 0 saturated carbocycles. The van der Waals surface area contributed by atoms with E-state index >= 15 is 0 Å². The molecule has 3 aliphatic heterocycles. The monoisotopic (exact) mass is 375 g/mol. The predicted molar refractivity (Wildman–Crippen MR) is 99.1 cm³/mol. The number of amides is 2. The zero-order valence-electron chi connectivity index (χ0n) is 16.1. The Morgan fingerprint density at radius 3 is 2.93 bits per heavy atom. The molecule has 2 amide bonds. The van der Waals surface area contributed by atoms with E-state index in [0.29, 0.717) is 13.1 Å². The number of hydrogen-bond acceptors (Lipinski definition) is 5. The number of nitrogens with zero attached hydrogens (tertiary/aromatic N) is 4. The Kier molecular flexibility index (Phi) is 5.19. The third-order valence-electron chi connectivity index (χ3n) is 6.15. The van der Waals surface area contributed by atoms with Crippen molar-refractivity contribution in [1.82, 2.24) is 24.7 Å². The van der Waals surface area contributed by atoms with Crippen LogP contribution in [0.1, 0.15) is 37.6 Å². The first-order chi connectivity index (χ1) is 13.1. The minimum Gasteiger partial charge on any atom is -0.381 e. The van der Waals surface area contributed by atoms with Gasteiger partial charge in [-0.3, -0.25) is 9.59 Å². The summed E-state index contributed by atoms with van der Waals surface area (Å²) in [4.78, 5) is 33.4. The Labute approximate surface area is 159 Å². The van der Waals surface area contributed by atoms with Crippen LogP contribution < -0.4 is 5.32 Å². The fourth-order valence-electron chi connectivity index (χ4n) is 4.56. The van der Waals surface area contributed by atoms with E-state index in [4.69, 9.17) is 4.74 Å². The van der Waals surface area contributed by atoms with Crippen LogP contribution in [0.4, 0.5) is 0 Å². The molecule has 0 aromatic carbocycles. The molecule has 0 bridgehead atoms. The Morgan fingerprint density at radius 2 is 2.15 bits per heavy atom. The van der Waals surface area contributed by atoms with Crippen molar-refractivity contribution in [3.63, 3.8) is 0 Å². The summed E-state index contributed by atoms with van der Waals surface area (Å²) in [5.41, 5.74) is 2.12. The molecular weight excluding hydrogens is 346 g/mol. The fraction of sp³-hybridized carbons (Fsp3) is 0.737. The van der Waals surface area contributed by atoms with Gasteiger partial charge in [-0.05, 0) is 26.2 Å². The second-order valence-corrected chi connectivity index (χ2v) is 7.68. The van der Waals surface area contributed by atoms with Crippen LogP contribution in [-0.4, -0.2) is 77.1 Å². The minimum absolute atomic E-state index is 0.000984. The molecule has 1 aromatic heterocycles. The maximum Gasteiger partial charge on any atom is 0.243 e. The molecule has 4 heterocycles. The van der Waals surface area contributed by atoms with Crippen molar-refractivity contribution in [1.29, 1.82) is 0 Å². The number of aromatic nitrogens is 2. The zero-order valence-corrected chi connectivity index (χ0v) is 16.1.